The van der Waals surface area contributed by atoms with E-state index in [0.717, 1.165) is 32.5 Å². The van der Waals surface area contributed by atoms with Crippen LogP contribution in [-0.2, 0) is 4.79 Å². The van der Waals surface area contributed by atoms with E-state index in [-0.39, 0.29) is 5.92 Å². The fourth-order valence-electron chi connectivity index (χ4n) is 1.86. The molecule has 0 aromatic heterocycles. The van der Waals surface area contributed by atoms with Gasteiger partial charge in [0.15, 0.2) is 0 Å². The molecular weight excluding hydrogens is 162 g/mol. The third kappa shape index (κ3) is 3.47. The molecule has 0 amide bonds. The summed E-state index contributed by atoms with van der Waals surface area (Å²) >= 11 is 0. The van der Waals surface area contributed by atoms with Crippen molar-refractivity contribution >= 4 is 5.78 Å². The summed E-state index contributed by atoms with van der Waals surface area (Å²) in [7, 11) is 0. The lowest BCUT2D eigenvalue weighted by molar-refractivity contribution is -0.122. The van der Waals surface area contributed by atoms with E-state index < -0.39 is 0 Å². The molecular formula is C11H21NO. The van der Waals surface area contributed by atoms with Crippen LogP contribution in [-0.4, -0.2) is 30.3 Å². The van der Waals surface area contributed by atoms with E-state index in [1.165, 1.54) is 0 Å². The Morgan fingerprint density at radius 2 is 2.15 bits per heavy atom. The molecule has 2 nitrogen and oxygen atoms in total. The van der Waals surface area contributed by atoms with Crippen LogP contribution >= 0.6 is 0 Å². The number of likely N-dealkylation sites (tertiary alicyclic amines) is 1. The number of carbonyl (C=O) groups is 1. The van der Waals surface area contributed by atoms with Crippen LogP contribution < -0.4 is 0 Å². The predicted octanol–water partition coefficient (Wildman–Crippen LogP) is 1.94. The van der Waals surface area contributed by atoms with E-state index >= 15 is 0 Å². The molecule has 76 valence electrons. The Labute approximate surface area is 81.3 Å². The third-order valence-electron chi connectivity index (χ3n) is 2.73. The molecule has 1 unspecified atom stereocenters. The standard InChI is InChI=1S/C11H21NO/c1-9(2)8-12-6-4-10(3)11(13)5-7-12/h9-10H,4-8H2,1-3H3. The van der Waals surface area contributed by atoms with E-state index in [4.69, 9.17) is 0 Å². The van der Waals surface area contributed by atoms with Gasteiger partial charge in [-0.3, -0.25) is 4.79 Å². The lowest BCUT2D eigenvalue weighted by Gasteiger charge is -2.21. The number of hydrogen-bond donors (Lipinski definition) is 0. The minimum absolute atomic E-state index is 0.289. The van der Waals surface area contributed by atoms with Gasteiger partial charge in [-0.25, -0.2) is 0 Å². The largest absolute Gasteiger partial charge is 0.303 e. The summed E-state index contributed by atoms with van der Waals surface area (Å²) in [4.78, 5) is 13.8. The second-order valence-corrected chi connectivity index (χ2v) is 4.60. The first-order chi connectivity index (χ1) is 6.09. The van der Waals surface area contributed by atoms with E-state index in [0.29, 0.717) is 11.7 Å². The first-order valence-corrected chi connectivity index (χ1v) is 5.34. The highest BCUT2D eigenvalue weighted by Crippen LogP contribution is 2.14. The predicted molar refractivity (Wildman–Crippen MR) is 54.7 cm³/mol. The fraction of sp³-hybridized carbons (Fsp3) is 0.909. The maximum Gasteiger partial charge on any atom is 0.137 e. The molecule has 1 atom stereocenters. The molecule has 1 fully saturated rings. The van der Waals surface area contributed by atoms with Crippen molar-refractivity contribution in [3.05, 3.63) is 0 Å². The lowest BCUT2D eigenvalue weighted by atomic mass is 10.0. The van der Waals surface area contributed by atoms with Gasteiger partial charge >= 0.3 is 0 Å². The highest BCUT2D eigenvalue weighted by Gasteiger charge is 2.20. The molecule has 0 aromatic carbocycles. The Bertz CT molecular complexity index is 177. The maximum atomic E-state index is 11.4. The topological polar surface area (TPSA) is 20.3 Å². The molecule has 0 aliphatic carbocycles. The smallest absolute Gasteiger partial charge is 0.137 e. The molecule has 2 heteroatoms. The van der Waals surface area contributed by atoms with Crippen molar-refractivity contribution < 1.29 is 4.79 Å². The Morgan fingerprint density at radius 1 is 1.46 bits per heavy atom. The third-order valence-corrected chi connectivity index (χ3v) is 2.73. The zero-order chi connectivity index (χ0) is 9.84. The highest BCUT2D eigenvalue weighted by atomic mass is 16.1. The average Bonchev–Trinajstić information content (AvgIpc) is 2.19. The molecule has 0 bridgehead atoms. The summed E-state index contributed by atoms with van der Waals surface area (Å²) < 4.78 is 0. The van der Waals surface area contributed by atoms with E-state index in [9.17, 15) is 4.79 Å². The molecule has 0 saturated carbocycles. The summed E-state index contributed by atoms with van der Waals surface area (Å²) in [6.07, 6.45) is 1.80. The number of nitrogens with zero attached hydrogens (tertiary/aromatic N) is 1. The number of rotatable bonds is 2. The minimum atomic E-state index is 0.289. The van der Waals surface area contributed by atoms with Crippen molar-refractivity contribution in [1.29, 1.82) is 0 Å². The molecule has 1 rings (SSSR count). The van der Waals surface area contributed by atoms with Crippen LogP contribution in [0.25, 0.3) is 0 Å². The Hall–Kier alpha value is -0.370. The van der Waals surface area contributed by atoms with Gasteiger partial charge in [0.05, 0.1) is 0 Å². The van der Waals surface area contributed by atoms with Crippen molar-refractivity contribution in [3.8, 4) is 0 Å². The maximum absolute atomic E-state index is 11.4. The quantitative estimate of drug-likeness (QED) is 0.652. The molecule has 0 radical (unpaired) electrons. The summed E-state index contributed by atoms with van der Waals surface area (Å²) in [6.45, 7) is 9.74. The summed E-state index contributed by atoms with van der Waals surface area (Å²) in [5.74, 6) is 1.45. The second-order valence-electron chi connectivity index (χ2n) is 4.60. The van der Waals surface area contributed by atoms with Crippen LogP contribution in [0.3, 0.4) is 0 Å². The molecule has 1 saturated heterocycles. The van der Waals surface area contributed by atoms with Gasteiger partial charge in [-0.15, -0.1) is 0 Å². The average molecular weight is 183 g/mol. The highest BCUT2D eigenvalue weighted by molar-refractivity contribution is 5.81. The molecule has 1 aliphatic heterocycles. The van der Waals surface area contributed by atoms with E-state index in [2.05, 4.69) is 25.7 Å². The molecule has 0 aromatic rings. The van der Waals surface area contributed by atoms with Gasteiger partial charge in [-0.2, -0.15) is 0 Å². The number of ketones is 1. The molecule has 1 aliphatic rings. The molecule has 1 heterocycles. The van der Waals surface area contributed by atoms with Gasteiger partial charge in [0, 0.05) is 25.4 Å². The van der Waals surface area contributed by atoms with Crippen LogP contribution in [0, 0.1) is 11.8 Å². The Morgan fingerprint density at radius 3 is 2.77 bits per heavy atom. The van der Waals surface area contributed by atoms with E-state index in [1.807, 2.05) is 0 Å². The van der Waals surface area contributed by atoms with Gasteiger partial charge in [-0.1, -0.05) is 20.8 Å². The normalized spacial score (nSPS) is 26.5. The van der Waals surface area contributed by atoms with Gasteiger partial charge < -0.3 is 4.90 Å². The summed E-state index contributed by atoms with van der Waals surface area (Å²) in [5, 5.41) is 0. The SMILES string of the molecule is CC(C)CN1CCC(=O)C(C)CC1. The first kappa shape index (κ1) is 10.7. The van der Waals surface area contributed by atoms with Gasteiger partial charge in [-0.05, 0) is 18.9 Å². The zero-order valence-electron chi connectivity index (χ0n) is 9.05. The van der Waals surface area contributed by atoms with Crippen LogP contribution in [0.5, 0.6) is 0 Å². The zero-order valence-corrected chi connectivity index (χ0v) is 9.05. The van der Waals surface area contributed by atoms with E-state index in [1.54, 1.807) is 0 Å². The summed E-state index contributed by atoms with van der Waals surface area (Å²) in [6, 6.07) is 0. The van der Waals surface area contributed by atoms with Crippen molar-refractivity contribution in [2.45, 2.75) is 33.6 Å². The number of Topliss-reactive ketones (excluding diaryl/α,β-unsaturated/α-hetero) is 1. The minimum Gasteiger partial charge on any atom is -0.303 e. The number of hydrogen-bond acceptors (Lipinski definition) is 2. The van der Waals surface area contributed by atoms with Gasteiger partial charge in [0.2, 0.25) is 0 Å². The molecule has 0 N–H and O–H groups in total. The van der Waals surface area contributed by atoms with Gasteiger partial charge in [0.1, 0.15) is 5.78 Å². The van der Waals surface area contributed by atoms with Crippen molar-refractivity contribution in [3.63, 3.8) is 0 Å². The Kier molecular flexibility index (Phi) is 3.91. The van der Waals surface area contributed by atoms with Crippen LogP contribution in [0.1, 0.15) is 33.6 Å². The number of carbonyl (C=O) groups excluding carboxylic acids is 1. The van der Waals surface area contributed by atoms with Crippen LogP contribution in [0.4, 0.5) is 0 Å². The second kappa shape index (κ2) is 4.75. The van der Waals surface area contributed by atoms with Crippen LogP contribution in [0.15, 0.2) is 0 Å². The van der Waals surface area contributed by atoms with Crippen LogP contribution in [0.2, 0.25) is 0 Å². The molecule has 13 heavy (non-hydrogen) atoms. The lowest BCUT2D eigenvalue weighted by Crippen LogP contribution is -2.28. The van der Waals surface area contributed by atoms with Crippen molar-refractivity contribution in [2.24, 2.45) is 11.8 Å². The van der Waals surface area contributed by atoms with Gasteiger partial charge in [0.25, 0.3) is 0 Å². The first-order valence-electron chi connectivity index (χ1n) is 5.34. The Balaban J connectivity index is 2.40. The monoisotopic (exact) mass is 183 g/mol. The molecule has 0 spiro atoms. The summed E-state index contributed by atoms with van der Waals surface area (Å²) in [5.41, 5.74) is 0. The van der Waals surface area contributed by atoms with Crippen molar-refractivity contribution in [2.75, 3.05) is 19.6 Å². The fourth-order valence-corrected chi connectivity index (χ4v) is 1.86. The van der Waals surface area contributed by atoms with Crippen molar-refractivity contribution in [1.82, 2.24) is 4.90 Å².